The van der Waals surface area contributed by atoms with Gasteiger partial charge in [-0.1, -0.05) is 29.4 Å². The van der Waals surface area contributed by atoms with Crippen molar-refractivity contribution in [1.29, 1.82) is 0 Å². The SMILES string of the molecule is C=C(C)c1cccc(C(=O)OCC)c1COc1ccn(O)n1. The lowest BCUT2D eigenvalue weighted by Crippen LogP contribution is -2.12. The standard InChI is InChI=1S/C16H18N2O4/c1-4-21-16(19)13-7-5-6-12(11(2)3)14(13)10-22-15-8-9-18(20)17-15/h5-9,20H,2,4,10H2,1,3H3. The average Bonchev–Trinajstić information content (AvgIpc) is 2.90. The van der Waals surface area contributed by atoms with Gasteiger partial charge in [-0.15, -0.1) is 4.85 Å². The first kappa shape index (κ1) is 15.6. The van der Waals surface area contributed by atoms with E-state index in [1.54, 1.807) is 19.1 Å². The molecule has 0 fully saturated rings. The minimum absolute atomic E-state index is 0.119. The molecule has 2 aromatic rings. The zero-order chi connectivity index (χ0) is 16.1. The Bertz CT molecular complexity index is 691. The summed E-state index contributed by atoms with van der Waals surface area (Å²) in [5.41, 5.74) is 2.76. The van der Waals surface area contributed by atoms with Crippen molar-refractivity contribution in [2.75, 3.05) is 6.61 Å². The van der Waals surface area contributed by atoms with Crippen molar-refractivity contribution in [3.05, 3.63) is 53.7 Å². The van der Waals surface area contributed by atoms with Crippen molar-refractivity contribution in [1.82, 2.24) is 9.94 Å². The lowest BCUT2D eigenvalue weighted by Gasteiger charge is -2.14. The fourth-order valence-electron chi connectivity index (χ4n) is 2.06. The van der Waals surface area contributed by atoms with Crippen LogP contribution in [0.1, 0.15) is 35.3 Å². The number of benzene rings is 1. The van der Waals surface area contributed by atoms with Crippen LogP contribution in [0.2, 0.25) is 0 Å². The summed E-state index contributed by atoms with van der Waals surface area (Å²) in [6, 6.07) is 6.86. The summed E-state index contributed by atoms with van der Waals surface area (Å²) < 4.78 is 10.6. The van der Waals surface area contributed by atoms with Crippen LogP contribution < -0.4 is 4.74 Å². The predicted molar refractivity (Wildman–Crippen MR) is 80.9 cm³/mol. The number of esters is 1. The number of hydrogen-bond acceptors (Lipinski definition) is 5. The van der Waals surface area contributed by atoms with E-state index in [1.807, 2.05) is 13.0 Å². The number of ether oxygens (including phenoxy) is 2. The van der Waals surface area contributed by atoms with Crippen LogP contribution in [0.5, 0.6) is 5.88 Å². The highest BCUT2D eigenvalue weighted by molar-refractivity contribution is 5.92. The molecule has 0 atom stereocenters. The van der Waals surface area contributed by atoms with Crippen LogP contribution >= 0.6 is 0 Å². The van der Waals surface area contributed by atoms with E-state index < -0.39 is 5.97 Å². The van der Waals surface area contributed by atoms with E-state index >= 15 is 0 Å². The number of allylic oxidation sites excluding steroid dienone is 1. The largest absolute Gasteiger partial charge is 0.472 e. The van der Waals surface area contributed by atoms with Gasteiger partial charge in [-0.25, -0.2) is 4.79 Å². The summed E-state index contributed by atoms with van der Waals surface area (Å²) in [6.45, 7) is 7.95. The van der Waals surface area contributed by atoms with Crippen LogP contribution in [0.15, 0.2) is 37.0 Å². The van der Waals surface area contributed by atoms with Gasteiger partial charge in [0.25, 0.3) is 0 Å². The van der Waals surface area contributed by atoms with Gasteiger partial charge in [0.2, 0.25) is 5.88 Å². The van der Waals surface area contributed by atoms with Crippen LogP contribution in [0, 0.1) is 0 Å². The summed E-state index contributed by atoms with van der Waals surface area (Å²) in [7, 11) is 0. The molecule has 2 rings (SSSR count). The minimum atomic E-state index is -0.406. The van der Waals surface area contributed by atoms with Gasteiger partial charge >= 0.3 is 5.97 Å². The van der Waals surface area contributed by atoms with Gasteiger partial charge in [-0.3, -0.25) is 0 Å². The fraction of sp³-hybridized carbons (Fsp3) is 0.250. The van der Waals surface area contributed by atoms with Gasteiger partial charge in [0.1, 0.15) is 6.61 Å². The Morgan fingerprint density at radius 1 is 1.36 bits per heavy atom. The Labute approximate surface area is 128 Å². The van der Waals surface area contributed by atoms with Gasteiger partial charge in [0.15, 0.2) is 0 Å². The van der Waals surface area contributed by atoms with Crippen molar-refractivity contribution in [2.24, 2.45) is 0 Å². The van der Waals surface area contributed by atoms with Gasteiger partial charge in [0.05, 0.1) is 18.4 Å². The van der Waals surface area contributed by atoms with E-state index in [1.165, 1.54) is 12.3 Å². The molecule has 0 spiro atoms. The quantitative estimate of drug-likeness (QED) is 0.656. The molecule has 6 heteroatoms. The van der Waals surface area contributed by atoms with Crippen molar-refractivity contribution in [3.63, 3.8) is 0 Å². The third-order valence-corrected chi connectivity index (χ3v) is 3.05. The Kier molecular flexibility index (Phi) is 4.83. The highest BCUT2D eigenvalue weighted by Gasteiger charge is 2.17. The third kappa shape index (κ3) is 3.46. The summed E-state index contributed by atoms with van der Waals surface area (Å²) >= 11 is 0. The van der Waals surface area contributed by atoms with Crippen LogP contribution in [0.25, 0.3) is 5.57 Å². The summed E-state index contributed by atoms with van der Waals surface area (Å²) in [5.74, 6) is -0.147. The third-order valence-electron chi connectivity index (χ3n) is 3.05. The molecule has 1 N–H and O–H groups in total. The lowest BCUT2D eigenvalue weighted by atomic mass is 9.97. The number of carbonyl (C=O) groups excluding carboxylic acids is 1. The first-order chi connectivity index (χ1) is 10.5. The lowest BCUT2D eigenvalue weighted by molar-refractivity contribution is 0.0523. The molecule has 22 heavy (non-hydrogen) atoms. The topological polar surface area (TPSA) is 73.6 Å². The molecule has 0 unspecified atom stereocenters. The van der Waals surface area contributed by atoms with E-state index in [0.717, 1.165) is 11.1 Å². The summed E-state index contributed by atoms with van der Waals surface area (Å²) in [6.07, 6.45) is 1.35. The molecule has 0 saturated carbocycles. The Morgan fingerprint density at radius 3 is 2.68 bits per heavy atom. The van der Waals surface area contributed by atoms with Gasteiger partial charge in [0, 0.05) is 11.6 Å². The summed E-state index contributed by atoms with van der Waals surface area (Å²) in [5, 5.41) is 12.9. The van der Waals surface area contributed by atoms with Crippen LogP contribution in [0.4, 0.5) is 0 Å². The minimum Gasteiger partial charge on any atom is -0.472 e. The second-order valence-electron chi connectivity index (χ2n) is 4.70. The maximum absolute atomic E-state index is 12.1. The molecule has 0 saturated heterocycles. The number of hydrogen-bond donors (Lipinski definition) is 1. The molecule has 0 aliphatic heterocycles. The second-order valence-corrected chi connectivity index (χ2v) is 4.70. The molecule has 0 radical (unpaired) electrons. The zero-order valence-corrected chi connectivity index (χ0v) is 12.6. The van der Waals surface area contributed by atoms with Crippen LogP contribution in [0.3, 0.4) is 0 Å². The van der Waals surface area contributed by atoms with Gasteiger partial charge in [-0.2, -0.15) is 0 Å². The highest BCUT2D eigenvalue weighted by atomic mass is 16.5. The molecule has 6 nitrogen and oxygen atoms in total. The molecular weight excluding hydrogens is 284 g/mol. The molecule has 1 aromatic heterocycles. The molecular formula is C16H18N2O4. The average molecular weight is 302 g/mol. The number of rotatable bonds is 6. The molecule has 1 heterocycles. The van der Waals surface area contributed by atoms with E-state index in [2.05, 4.69) is 11.7 Å². The number of aromatic nitrogens is 2. The van der Waals surface area contributed by atoms with Crippen molar-refractivity contribution < 1.29 is 19.5 Å². The smallest absolute Gasteiger partial charge is 0.338 e. The maximum Gasteiger partial charge on any atom is 0.338 e. The Balaban J connectivity index is 2.32. The van der Waals surface area contributed by atoms with E-state index in [0.29, 0.717) is 22.6 Å². The fourth-order valence-corrected chi connectivity index (χ4v) is 2.06. The Hall–Kier alpha value is -2.76. The molecule has 0 aliphatic rings. The molecule has 1 aromatic carbocycles. The first-order valence-electron chi connectivity index (χ1n) is 6.85. The molecule has 0 aliphatic carbocycles. The van der Waals surface area contributed by atoms with E-state index in [9.17, 15) is 4.79 Å². The van der Waals surface area contributed by atoms with Crippen molar-refractivity contribution >= 4 is 11.5 Å². The summed E-state index contributed by atoms with van der Waals surface area (Å²) in [4.78, 5) is 12.7. The van der Waals surface area contributed by atoms with Gasteiger partial charge < -0.3 is 14.7 Å². The van der Waals surface area contributed by atoms with Crippen molar-refractivity contribution in [3.8, 4) is 5.88 Å². The maximum atomic E-state index is 12.1. The highest BCUT2D eigenvalue weighted by Crippen LogP contribution is 2.23. The predicted octanol–water partition coefficient (Wildman–Crippen LogP) is 2.91. The zero-order valence-electron chi connectivity index (χ0n) is 12.6. The Morgan fingerprint density at radius 2 is 2.09 bits per heavy atom. The second kappa shape index (κ2) is 6.80. The van der Waals surface area contributed by atoms with E-state index in [-0.39, 0.29) is 12.5 Å². The molecule has 0 amide bonds. The van der Waals surface area contributed by atoms with Crippen LogP contribution in [-0.2, 0) is 11.3 Å². The van der Waals surface area contributed by atoms with Gasteiger partial charge in [-0.05, 0) is 25.5 Å². The first-order valence-corrected chi connectivity index (χ1v) is 6.85. The molecule has 0 bridgehead atoms. The number of carbonyl (C=O) groups is 1. The normalized spacial score (nSPS) is 10.3. The van der Waals surface area contributed by atoms with E-state index in [4.69, 9.17) is 14.7 Å². The molecule has 116 valence electrons. The number of nitrogens with zero attached hydrogens (tertiary/aromatic N) is 2. The van der Waals surface area contributed by atoms with Crippen molar-refractivity contribution in [2.45, 2.75) is 20.5 Å². The monoisotopic (exact) mass is 302 g/mol. The van der Waals surface area contributed by atoms with Crippen LogP contribution in [-0.4, -0.2) is 27.7 Å².